The van der Waals surface area contributed by atoms with E-state index in [1.54, 1.807) is 25.3 Å². The SMILES string of the molecule is COc1ccc(/C=C/C(O)C(Cl)(Cl)Cl)cc1. The lowest BCUT2D eigenvalue weighted by Gasteiger charge is -2.14. The van der Waals surface area contributed by atoms with Crippen LogP contribution in [0.4, 0.5) is 0 Å². The lowest BCUT2D eigenvalue weighted by Crippen LogP contribution is -2.22. The van der Waals surface area contributed by atoms with Gasteiger partial charge in [0.25, 0.3) is 0 Å². The summed E-state index contributed by atoms with van der Waals surface area (Å²) in [4.78, 5) is 0. The van der Waals surface area contributed by atoms with Crippen LogP contribution in [0.3, 0.4) is 0 Å². The Hall–Kier alpha value is -0.410. The molecule has 0 aliphatic heterocycles. The molecule has 2 nitrogen and oxygen atoms in total. The maximum Gasteiger partial charge on any atom is 0.219 e. The molecule has 0 aliphatic carbocycles. The number of methoxy groups -OCH3 is 1. The minimum atomic E-state index is -1.71. The van der Waals surface area contributed by atoms with E-state index >= 15 is 0 Å². The summed E-state index contributed by atoms with van der Waals surface area (Å²) < 4.78 is 3.31. The Morgan fingerprint density at radius 2 is 1.81 bits per heavy atom. The fraction of sp³-hybridized carbons (Fsp3) is 0.273. The van der Waals surface area contributed by atoms with Gasteiger partial charge in [0.1, 0.15) is 11.9 Å². The van der Waals surface area contributed by atoms with Crippen LogP contribution in [0.15, 0.2) is 30.3 Å². The van der Waals surface area contributed by atoms with Gasteiger partial charge in [0.2, 0.25) is 3.79 Å². The first-order valence-corrected chi connectivity index (χ1v) is 5.64. The van der Waals surface area contributed by atoms with Crippen molar-refractivity contribution in [2.45, 2.75) is 9.90 Å². The summed E-state index contributed by atoms with van der Waals surface area (Å²) in [6.45, 7) is 0. The van der Waals surface area contributed by atoms with Crippen molar-refractivity contribution in [1.82, 2.24) is 0 Å². The van der Waals surface area contributed by atoms with Crippen molar-refractivity contribution in [3.05, 3.63) is 35.9 Å². The zero-order valence-corrected chi connectivity index (χ0v) is 10.8. The number of benzene rings is 1. The van der Waals surface area contributed by atoms with Gasteiger partial charge in [-0.2, -0.15) is 0 Å². The molecule has 0 saturated heterocycles. The Bertz CT molecular complexity index is 354. The van der Waals surface area contributed by atoms with Crippen molar-refractivity contribution in [1.29, 1.82) is 0 Å². The third-order valence-electron chi connectivity index (χ3n) is 1.92. The predicted octanol–water partition coefficient (Wildman–Crippen LogP) is 3.44. The molecule has 1 N–H and O–H groups in total. The molecule has 0 saturated carbocycles. The van der Waals surface area contributed by atoms with Gasteiger partial charge >= 0.3 is 0 Å². The van der Waals surface area contributed by atoms with Crippen LogP contribution in [0.5, 0.6) is 5.75 Å². The molecule has 1 rings (SSSR count). The van der Waals surface area contributed by atoms with E-state index in [2.05, 4.69) is 0 Å². The highest BCUT2D eigenvalue weighted by Gasteiger charge is 2.28. The van der Waals surface area contributed by atoms with Gasteiger partial charge in [0, 0.05) is 0 Å². The van der Waals surface area contributed by atoms with E-state index in [-0.39, 0.29) is 0 Å². The Morgan fingerprint density at radius 3 is 2.25 bits per heavy atom. The van der Waals surface area contributed by atoms with Gasteiger partial charge in [-0.05, 0) is 17.7 Å². The smallest absolute Gasteiger partial charge is 0.219 e. The second-order valence-electron chi connectivity index (χ2n) is 3.12. The minimum Gasteiger partial charge on any atom is -0.497 e. The molecule has 88 valence electrons. The maximum absolute atomic E-state index is 9.44. The van der Waals surface area contributed by atoms with E-state index < -0.39 is 9.90 Å². The lowest BCUT2D eigenvalue weighted by atomic mass is 10.2. The summed E-state index contributed by atoms with van der Waals surface area (Å²) >= 11 is 16.5. The first-order valence-electron chi connectivity index (χ1n) is 4.50. The molecule has 1 atom stereocenters. The van der Waals surface area contributed by atoms with Crippen molar-refractivity contribution in [3.8, 4) is 5.75 Å². The highest BCUT2D eigenvalue weighted by molar-refractivity contribution is 6.68. The second-order valence-corrected chi connectivity index (χ2v) is 5.49. The molecular weight excluding hydrogens is 270 g/mol. The summed E-state index contributed by atoms with van der Waals surface area (Å²) in [5, 5.41) is 9.44. The zero-order chi connectivity index (χ0) is 12.2. The molecule has 0 bridgehead atoms. The monoisotopic (exact) mass is 280 g/mol. The van der Waals surface area contributed by atoms with Gasteiger partial charge in [-0.25, -0.2) is 0 Å². The minimum absolute atomic E-state index is 0.763. The molecular formula is C11H11Cl3O2. The highest BCUT2D eigenvalue weighted by Crippen LogP contribution is 2.31. The van der Waals surface area contributed by atoms with Crippen molar-refractivity contribution in [2.75, 3.05) is 7.11 Å². The Morgan fingerprint density at radius 1 is 1.25 bits per heavy atom. The molecule has 16 heavy (non-hydrogen) atoms. The number of alkyl halides is 3. The summed E-state index contributed by atoms with van der Waals surface area (Å²) in [5.41, 5.74) is 0.883. The standard InChI is InChI=1S/C11H11Cl3O2/c1-16-9-5-2-8(3-6-9)4-7-10(15)11(12,13)14/h2-7,10,15H,1H3/b7-4+. The molecule has 1 aromatic carbocycles. The quantitative estimate of drug-likeness (QED) is 0.860. The number of rotatable bonds is 3. The normalized spacial score (nSPS) is 14.1. The van der Waals surface area contributed by atoms with E-state index in [1.165, 1.54) is 6.08 Å². The molecule has 0 aliphatic rings. The van der Waals surface area contributed by atoms with E-state index in [9.17, 15) is 5.11 Å². The van der Waals surface area contributed by atoms with Crippen LogP contribution in [0.25, 0.3) is 6.08 Å². The number of ether oxygens (including phenoxy) is 1. The molecule has 1 unspecified atom stereocenters. The summed E-state index contributed by atoms with van der Waals surface area (Å²) in [5.74, 6) is 0.763. The topological polar surface area (TPSA) is 29.5 Å². The van der Waals surface area contributed by atoms with Crippen LogP contribution in [0.2, 0.25) is 0 Å². The van der Waals surface area contributed by atoms with Gasteiger partial charge < -0.3 is 9.84 Å². The van der Waals surface area contributed by atoms with Crippen LogP contribution >= 0.6 is 34.8 Å². The van der Waals surface area contributed by atoms with Crippen LogP contribution in [-0.2, 0) is 0 Å². The Balaban J connectivity index is 2.69. The molecule has 1 aromatic rings. The molecule has 5 heteroatoms. The Kier molecular flexibility index (Phi) is 4.93. The lowest BCUT2D eigenvalue weighted by molar-refractivity contribution is 0.228. The Labute approximate surface area is 109 Å². The number of halogens is 3. The zero-order valence-electron chi connectivity index (χ0n) is 8.53. The number of hydrogen-bond donors (Lipinski definition) is 1. The molecule has 0 fully saturated rings. The van der Waals surface area contributed by atoms with Crippen molar-refractivity contribution >= 4 is 40.9 Å². The molecule has 0 aromatic heterocycles. The van der Waals surface area contributed by atoms with Crippen molar-refractivity contribution in [2.24, 2.45) is 0 Å². The third-order valence-corrected chi connectivity index (χ3v) is 2.59. The van der Waals surface area contributed by atoms with Crippen LogP contribution in [-0.4, -0.2) is 22.1 Å². The van der Waals surface area contributed by atoms with Crippen molar-refractivity contribution in [3.63, 3.8) is 0 Å². The van der Waals surface area contributed by atoms with Crippen LogP contribution in [0.1, 0.15) is 5.56 Å². The molecule has 0 amide bonds. The summed E-state index contributed by atoms with van der Waals surface area (Å²) in [6, 6.07) is 7.28. The summed E-state index contributed by atoms with van der Waals surface area (Å²) in [6.07, 6.45) is 1.96. The largest absolute Gasteiger partial charge is 0.497 e. The molecule has 0 spiro atoms. The third kappa shape index (κ3) is 4.22. The van der Waals surface area contributed by atoms with E-state index in [1.807, 2.05) is 12.1 Å². The average molecular weight is 282 g/mol. The summed E-state index contributed by atoms with van der Waals surface area (Å²) in [7, 11) is 1.59. The van der Waals surface area contributed by atoms with Gasteiger partial charge in [-0.15, -0.1) is 0 Å². The second kappa shape index (κ2) is 5.78. The van der Waals surface area contributed by atoms with Crippen LogP contribution in [0, 0.1) is 0 Å². The molecule has 0 radical (unpaired) electrons. The number of hydrogen-bond acceptors (Lipinski definition) is 2. The number of aliphatic hydroxyl groups is 1. The maximum atomic E-state index is 9.44. The van der Waals surface area contributed by atoms with Crippen molar-refractivity contribution < 1.29 is 9.84 Å². The molecule has 0 heterocycles. The number of aliphatic hydroxyl groups excluding tert-OH is 1. The first-order chi connectivity index (χ1) is 7.43. The first kappa shape index (κ1) is 13.7. The van der Waals surface area contributed by atoms with E-state index in [0.29, 0.717) is 0 Å². The average Bonchev–Trinajstić information content (AvgIpc) is 2.25. The van der Waals surface area contributed by atoms with E-state index in [4.69, 9.17) is 39.5 Å². The van der Waals surface area contributed by atoms with E-state index in [0.717, 1.165) is 11.3 Å². The van der Waals surface area contributed by atoms with Gasteiger partial charge in [0.05, 0.1) is 7.11 Å². The van der Waals surface area contributed by atoms with Crippen LogP contribution < -0.4 is 4.74 Å². The predicted molar refractivity (Wildman–Crippen MR) is 68.3 cm³/mol. The highest BCUT2D eigenvalue weighted by atomic mass is 35.6. The fourth-order valence-corrected chi connectivity index (χ4v) is 1.24. The van der Waals surface area contributed by atoms with Gasteiger partial charge in [-0.3, -0.25) is 0 Å². The van der Waals surface area contributed by atoms with Gasteiger partial charge in [-0.1, -0.05) is 59.1 Å². The van der Waals surface area contributed by atoms with Gasteiger partial charge in [0.15, 0.2) is 0 Å². The fourth-order valence-electron chi connectivity index (χ4n) is 1.03.